The summed E-state index contributed by atoms with van der Waals surface area (Å²) in [6, 6.07) is 11.1. The summed E-state index contributed by atoms with van der Waals surface area (Å²) in [5.41, 5.74) is 1.47. The second kappa shape index (κ2) is 17.4. The molecule has 2 fully saturated rings. The molecule has 0 spiro atoms. The van der Waals surface area contributed by atoms with Gasteiger partial charge in [0.15, 0.2) is 5.79 Å². The van der Waals surface area contributed by atoms with Crippen LogP contribution in [0.3, 0.4) is 0 Å². The number of hydrogen-bond donors (Lipinski definition) is 2. The van der Waals surface area contributed by atoms with Crippen LogP contribution in [0.1, 0.15) is 57.9 Å². The van der Waals surface area contributed by atoms with E-state index in [2.05, 4.69) is 33.5 Å². The molecule has 44 heavy (non-hydrogen) atoms. The number of aliphatic hydroxyl groups is 2. The van der Waals surface area contributed by atoms with Gasteiger partial charge in [-0.15, -0.1) is 0 Å². The highest BCUT2D eigenvalue weighted by Gasteiger charge is 2.58. The van der Waals surface area contributed by atoms with Crippen molar-refractivity contribution in [3.8, 4) is 0 Å². The molecule has 250 valence electrons. The third-order valence-corrected chi connectivity index (χ3v) is 10.7. The van der Waals surface area contributed by atoms with Crippen molar-refractivity contribution in [2.24, 2.45) is 5.41 Å². The summed E-state index contributed by atoms with van der Waals surface area (Å²) in [5.74, 6) is -1.10. The van der Waals surface area contributed by atoms with E-state index in [9.17, 15) is 15.0 Å². The van der Waals surface area contributed by atoms with Gasteiger partial charge in [-0.05, 0) is 24.4 Å². The minimum atomic E-state index is -1.21. The zero-order valence-electron chi connectivity index (χ0n) is 27.7. The number of benzene rings is 1. The molecule has 0 aromatic heterocycles. The first-order chi connectivity index (χ1) is 20.9. The van der Waals surface area contributed by atoms with Crippen LogP contribution in [0.4, 0.5) is 0 Å². The molecule has 0 unspecified atom stereocenters. The number of aliphatic hydroxyl groups excluding tert-OH is 2. The maximum Gasteiger partial charge on any atom is 0.178 e. The molecule has 10 heteroatoms. The second-order valence-corrected chi connectivity index (χ2v) is 19.5. The van der Waals surface area contributed by atoms with Crippen LogP contribution in [0.2, 0.25) is 25.7 Å². The summed E-state index contributed by atoms with van der Waals surface area (Å²) in [6.07, 6.45) is 3.86. The number of rotatable bonds is 18. The topological polar surface area (TPSA) is 113 Å². The highest BCUT2D eigenvalue weighted by atomic mass is 28.3. The standard InChI is InChI=1S/C34H56O9Si/c1-33(2)32(40-24-26-10-8-7-9-11-26)21-29(20-28(13-15-36)41-25-39-16-17-44(4,5)6)43-34(33,38-3)22-30-18-27(12-14-35)19-31(23-37)42-30/h7-12,23,28-32,35-36H,13-22,24-25H2,1-6H3/b27-12-/t28-,29-,30+,31-,32+,34+/m1/s1. The smallest absolute Gasteiger partial charge is 0.178 e. The van der Waals surface area contributed by atoms with Crippen molar-refractivity contribution in [3.05, 3.63) is 47.5 Å². The first-order valence-corrected chi connectivity index (χ1v) is 19.7. The van der Waals surface area contributed by atoms with Crippen molar-refractivity contribution >= 4 is 14.4 Å². The van der Waals surface area contributed by atoms with Crippen molar-refractivity contribution in [2.75, 3.05) is 33.7 Å². The Kier molecular flexibility index (Phi) is 14.7. The molecule has 0 radical (unpaired) electrons. The molecular formula is C34H56O9Si. The number of hydrogen-bond acceptors (Lipinski definition) is 9. The average Bonchev–Trinajstić information content (AvgIpc) is 2.97. The Morgan fingerprint density at radius 3 is 2.50 bits per heavy atom. The zero-order chi connectivity index (χ0) is 32.2. The fourth-order valence-electron chi connectivity index (χ4n) is 6.21. The molecule has 0 aliphatic carbocycles. The molecule has 2 aliphatic rings. The first kappa shape index (κ1) is 37.0. The molecule has 9 nitrogen and oxygen atoms in total. The fourth-order valence-corrected chi connectivity index (χ4v) is 6.96. The second-order valence-electron chi connectivity index (χ2n) is 13.9. The highest BCUT2D eigenvalue weighted by molar-refractivity contribution is 6.76. The number of carbonyl (C=O) groups excluding carboxylic acids is 1. The summed E-state index contributed by atoms with van der Waals surface area (Å²) in [6.45, 7) is 12.3. The maximum absolute atomic E-state index is 11.8. The summed E-state index contributed by atoms with van der Waals surface area (Å²) in [4.78, 5) is 11.8. The van der Waals surface area contributed by atoms with Gasteiger partial charge in [-0.1, -0.05) is 75.5 Å². The van der Waals surface area contributed by atoms with Crippen molar-refractivity contribution in [2.45, 2.75) is 121 Å². The lowest BCUT2D eigenvalue weighted by Gasteiger charge is -2.56. The van der Waals surface area contributed by atoms with Crippen molar-refractivity contribution in [1.29, 1.82) is 0 Å². The van der Waals surface area contributed by atoms with Crippen LogP contribution in [0.25, 0.3) is 0 Å². The molecule has 0 bridgehead atoms. The van der Waals surface area contributed by atoms with Gasteiger partial charge in [0.1, 0.15) is 19.2 Å². The van der Waals surface area contributed by atoms with E-state index in [1.807, 2.05) is 30.3 Å². The molecule has 2 aliphatic heterocycles. The third kappa shape index (κ3) is 10.8. The molecule has 0 saturated carbocycles. The van der Waals surface area contributed by atoms with Crippen molar-refractivity contribution < 1.29 is 43.4 Å². The monoisotopic (exact) mass is 636 g/mol. The Labute approximate surface area is 265 Å². The summed E-state index contributed by atoms with van der Waals surface area (Å²) >= 11 is 0. The van der Waals surface area contributed by atoms with Gasteiger partial charge in [-0.3, -0.25) is 0 Å². The van der Waals surface area contributed by atoms with E-state index in [0.717, 1.165) is 23.5 Å². The SMILES string of the molecule is CO[C@@]1(C[C@@H]2C/C(=C/CO)C[C@H](C=O)O2)O[C@H](C[C@@H](CCO)OCOCC[Si](C)(C)C)C[C@H](OCc2ccccc2)C1(C)C. The molecule has 2 N–H and O–H groups in total. The predicted molar refractivity (Wildman–Crippen MR) is 172 cm³/mol. The lowest BCUT2D eigenvalue weighted by Crippen LogP contribution is -2.63. The third-order valence-electron chi connectivity index (χ3n) is 8.95. The molecule has 2 saturated heterocycles. The van der Waals surface area contributed by atoms with Gasteiger partial charge in [-0.2, -0.15) is 0 Å². The lowest BCUT2D eigenvalue weighted by molar-refractivity contribution is -0.363. The van der Waals surface area contributed by atoms with Crippen LogP contribution in [-0.4, -0.2) is 94.6 Å². The van der Waals surface area contributed by atoms with Crippen LogP contribution in [0.5, 0.6) is 0 Å². The average molecular weight is 637 g/mol. The quantitative estimate of drug-likeness (QED) is 0.0733. The minimum Gasteiger partial charge on any atom is -0.396 e. The van der Waals surface area contributed by atoms with Crippen LogP contribution >= 0.6 is 0 Å². The van der Waals surface area contributed by atoms with E-state index in [0.29, 0.717) is 51.7 Å². The van der Waals surface area contributed by atoms with E-state index >= 15 is 0 Å². The van der Waals surface area contributed by atoms with E-state index in [4.69, 9.17) is 28.4 Å². The molecule has 0 amide bonds. The fraction of sp³-hybridized carbons (Fsp3) is 0.735. The molecule has 1 aromatic rings. The van der Waals surface area contributed by atoms with Gasteiger partial charge in [0, 0.05) is 59.5 Å². The highest BCUT2D eigenvalue weighted by Crippen LogP contribution is 2.51. The number of carbonyl (C=O) groups is 1. The molecule has 1 aromatic carbocycles. The number of methoxy groups -OCH3 is 1. The Hall–Kier alpha value is -1.47. The van der Waals surface area contributed by atoms with Gasteiger partial charge in [-0.25, -0.2) is 0 Å². The lowest BCUT2D eigenvalue weighted by atomic mass is 9.70. The van der Waals surface area contributed by atoms with E-state index in [-0.39, 0.29) is 44.4 Å². The Bertz CT molecular complexity index is 1010. The molecule has 2 heterocycles. The Morgan fingerprint density at radius 2 is 1.86 bits per heavy atom. The first-order valence-electron chi connectivity index (χ1n) is 16.0. The summed E-state index contributed by atoms with van der Waals surface area (Å²) in [7, 11) is 0.442. The normalized spacial score (nSPS) is 29.0. The summed E-state index contributed by atoms with van der Waals surface area (Å²) < 4.78 is 38.0. The predicted octanol–water partition coefficient (Wildman–Crippen LogP) is 5.25. The van der Waals surface area contributed by atoms with Gasteiger partial charge in [0.2, 0.25) is 0 Å². The summed E-state index contributed by atoms with van der Waals surface area (Å²) in [5, 5.41) is 19.4. The van der Waals surface area contributed by atoms with Gasteiger partial charge >= 0.3 is 0 Å². The molecular weight excluding hydrogens is 580 g/mol. The molecule has 3 rings (SSSR count). The number of aldehydes is 1. The largest absolute Gasteiger partial charge is 0.396 e. The van der Waals surface area contributed by atoms with Crippen LogP contribution < -0.4 is 0 Å². The van der Waals surface area contributed by atoms with Crippen LogP contribution in [0, 0.1) is 5.41 Å². The van der Waals surface area contributed by atoms with Gasteiger partial charge < -0.3 is 43.4 Å². The minimum absolute atomic E-state index is 0.00981. The van der Waals surface area contributed by atoms with Gasteiger partial charge in [0.25, 0.3) is 0 Å². The van der Waals surface area contributed by atoms with Gasteiger partial charge in [0.05, 0.1) is 37.6 Å². The maximum atomic E-state index is 11.8. The Balaban J connectivity index is 1.82. The van der Waals surface area contributed by atoms with Crippen LogP contribution in [0.15, 0.2) is 42.0 Å². The van der Waals surface area contributed by atoms with Crippen molar-refractivity contribution in [1.82, 2.24) is 0 Å². The molecule has 6 atom stereocenters. The van der Waals surface area contributed by atoms with E-state index < -0.39 is 25.4 Å². The van der Waals surface area contributed by atoms with Crippen LogP contribution in [-0.2, 0) is 39.8 Å². The zero-order valence-corrected chi connectivity index (χ0v) is 28.7. The van der Waals surface area contributed by atoms with E-state index in [1.165, 1.54) is 0 Å². The van der Waals surface area contributed by atoms with E-state index in [1.54, 1.807) is 13.2 Å². The number of ether oxygens (including phenoxy) is 6. The Morgan fingerprint density at radius 1 is 1.11 bits per heavy atom. The van der Waals surface area contributed by atoms with Crippen molar-refractivity contribution in [3.63, 3.8) is 0 Å².